The van der Waals surface area contributed by atoms with Crippen LogP contribution in [-0.2, 0) is 7.05 Å². The third kappa shape index (κ3) is 1.97. The number of nitrogens with two attached hydrogens (primary N) is 1. The zero-order valence-electron chi connectivity index (χ0n) is 10.7. The van der Waals surface area contributed by atoms with E-state index < -0.39 is 0 Å². The maximum absolute atomic E-state index is 5.96. The van der Waals surface area contributed by atoms with Crippen LogP contribution in [0, 0.1) is 6.92 Å². The minimum absolute atomic E-state index is 0.413. The fourth-order valence-electron chi connectivity index (χ4n) is 1.95. The van der Waals surface area contributed by atoms with Gasteiger partial charge in [-0.2, -0.15) is 10.1 Å². The Hall–Kier alpha value is -2.63. The van der Waals surface area contributed by atoms with Crippen LogP contribution < -0.4 is 5.73 Å². The van der Waals surface area contributed by atoms with E-state index >= 15 is 0 Å². The summed E-state index contributed by atoms with van der Waals surface area (Å²) in [6, 6.07) is 7.49. The number of benzene rings is 1. The second-order valence-corrected chi connectivity index (χ2v) is 4.34. The lowest BCUT2D eigenvalue weighted by atomic mass is 10.1. The largest absolute Gasteiger partial charge is 0.398 e. The van der Waals surface area contributed by atoms with Crippen LogP contribution in [0.3, 0.4) is 0 Å². The smallest absolute Gasteiger partial charge is 0.260 e. The van der Waals surface area contributed by atoms with Crippen LogP contribution in [0.15, 0.2) is 35.0 Å². The highest BCUT2D eigenvalue weighted by Crippen LogP contribution is 2.29. The lowest BCUT2D eigenvalue weighted by molar-refractivity contribution is 0.432. The molecule has 0 saturated heterocycles. The Balaban J connectivity index is 2.06. The van der Waals surface area contributed by atoms with Gasteiger partial charge in [0.1, 0.15) is 5.69 Å². The van der Waals surface area contributed by atoms with Gasteiger partial charge in [0.2, 0.25) is 5.82 Å². The van der Waals surface area contributed by atoms with Crippen LogP contribution in [0.5, 0.6) is 0 Å². The molecular weight excluding hydrogens is 242 g/mol. The van der Waals surface area contributed by atoms with E-state index in [2.05, 4.69) is 15.2 Å². The van der Waals surface area contributed by atoms with Crippen LogP contribution in [0.2, 0.25) is 0 Å². The van der Waals surface area contributed by atoms with E-state index in [-0.39, 0.29) is 0 Å². The number of aromatic nitrogens is 4. The van der Waals surface area contributed by atoms with Gasteiger partial charge in [-0.05, 0) is 24.6 Å². The van der Waals surface area contributed by atoms with Crippen LogP contribution >= 0.6 is 0 Å². The molecule has 19 heavy (non-hydrogen) atoms. The maximum Gasteiger partial charge on any atom is 0.260 e. The fraction of sp³-hybridized carbons (Fsp3) is 0.154. The van der Waals surface area contributed by atoms with Crippen molar-refractivity contribution in [2.45, 2.75) is 6.92 Å². The summed E-state index contributed by atoms with van der Waals surface area (Å²) in [7, 11) is 1.84. The van der Waals surface area contributed by atoms with Crippen molar-refractivity contribution in [1.82, 2.24) is 19.9 Å². The van der Waals surface area contributed by atoms with Gasteiger partial charge in [-0.1, -0.05) is 17.3 Å². The third-order valence-corrected chi connectivity index (χ3v) is 2.89. The zero-order valence-corrected chi connectivity index (χ0v) is 10.7. The molecule has 3 aromatic rings. The first kappa shape index (κ1) is 11.5. The molecule has 0 spiro atoms. The molecule has 96 valence electrons. The molecule has 0 amide bonds. The standard InChI is InChI=1S/C13H13N5O/c1-8-4-3-5-9(14)11(8)13-15-12(17-19-13)10-6-7-18(2)16-10/h3-7H,14H2,1-2H3. The number of aryl methyl sites for hydroxylation is 2. The van der Waals surface area contributed by atoms with Crippen molar-refractivity contribution in [3.05, 3.63) is 36.0 Å². The normalized spacial score (nSPS) is 10.8. The summed E-state index contributed by atoms with van der Waals surface area (Å²) in [4.78, 5) is 4.35. The van der Waals surface area contributed by atoms with Crippen molar-refractivity contribution in [1.29, 1.82) is 0 Å². The molecule has 3 rings (SSSR count). The number of hydrogen-bond donors (Lipinski definition) is 1. The van der Waals surface area contributed by atoms with E-state index in [9.17, 15) is 0 Å². The highest BCUT2D eigenvalue weighted by Gasteiger charge is 2.16. The number of anilines is 1. The van der Waals surface area contributed by atoms with Crippen molar-refractivity contribution >= 4 is 5.69 Å². The van der Waals surface area contributed by atoms with Gasteiger partial charge in [-0.25, -0.2) is 0 Å². The highest BCUT2D eigenvalue weighted by molar-refractivity contribution is 5.74. The average Bonchev–Trinajstić information content (AvgIpc) is 2.98. The van der Waals surface area contributed by atoms with Crippen molar-refractivity contribution < 1.29 is 4.52 Å². The molecule has 2 heterocycles. The van der Waals surface area contributed by atoms with Gasteiger partial charge < -0.3 is 10.3 Å². The molecule has 0 unspecified atom stereocenters. The summed E-state index contributed by atoms with van der Waals surface area (Å²) < 4.78 is 6.97. The van der Waals surface area contributed by atoms with Gasteiger partial charge >= 0.3 is 0 Å². The molecule has 1 aromatic carbocycles. The second kappa shape index (κ2) is 4.24. The first-order valence-corrected chi connectivity index (χ1v) is 5.84. The Labute approximate surface area is 109 Å². The van der Waals surface area contributed by atoms with E-state index in [0.29, 0.717) is 23.1 Å². The lowest BCUT2D eigenvalue weighted by Crippen LogP contribution is -1.93. The molecule has 6 heteroatoms. The fourth-order valence-corrected chi connectivity index (χ4v) is 1.95. The van der Waals surface area contributed by atoms with Crippen molar-refractivity contribution in [3.63, 3.8) is 0 Å². The molecule has 0 aliphatic carbocycles. The van der Waals surface area contributed by atoms with Crippen LogP contribution in [0.4, 0.5) is 5.69 Å². The predicted molar refractivity (Wildman–Crippen MR) is 71.1 cm³/mol. The van der Waals surface area contributed by atoms with Crippen LogP contribution in [-0.4, -0.2) is 19.9 Å². The minimum Gasteiger partial charge on any atom is -0.398 e. The van der Waals surface area contributed by atoms with Gasteiger partial charge in [0.25, 0.3) is 5.89 Å². The van der Waals surface area contributed by atoms with E-state index in [1.807, 2.05) is 44.4 Å². The van der Waals surface area contributed by atoms with E-state index in [4.69, 9.17) is 10.3 Å². The van der Waals surface area contributed by atoms with Gasteiger partial charge in [0.05, 0.1) is 5.56 Å². The molecule has 0 bridgehead atoms. The molecule has 0 fully saturated rings. The van der Waals surface area contributed by atoms with Gasteiger partial charge in [0.15, 0.2) is 0 Å². The molecule has 0 saturated carbocycles. The van der Waals surface area contributed by atoms with E-state index in [0.717, 1.165) is 11.1 Å². The number of nitrogens with zero attached hydrogens (tertiary/aromatic N) is 4. The summed E-state index contributed by atoms with van der Waals surface area (Å²) in [5.41, 5.74) is 9.02. The van der Waals surface area contributed by atoms with Gasteiger partial charge in [-0.15, -0.1) is 0 Å². The first-order chi connectivity index (χ1) is 9.15. The Bertz CT molecular complexity index is 708. The quantitative estimate of drug-likeness (QED) is 0.708. The maximum atomic E-state index is 5.96. The number of hydrogen-bond acceptors (Lipinski definition) is 5. The molecule has 2 aromatic heterocycles. The molecule has 0 aliphatic heterocycles. The molecule has 0 aliphatic rings. The monoisotopic (exact) mass is 255 g/mol. The van der Waals surface area contributed by atoms with Crippen molar-refractivity contribution in [2.75, 3.05) is 5.73 Å². The zero-order chi connectivity index (χ0) is 13.4. The minimum atomic E-state index is 0.413. The Morgan fingerprint density at radius 1 is 1.26 bits per heavy atom. The number of rotatable bonds is 2. The summed E-state index contributed by atoms with van der Waals surface area (Å²) in [6.07, 6.45) is 1.83. The summed E-state index contributed by atoms with van der Waals surface area (Å²) >= 11 is 0. The highest BCUT2D eigenvalue weighted by atomic mass is 16.5. The molecule has 6 nitrogen and oxygen atoms in total. The van der Waals surface area contributed by atoms with Crippen LogP contribution in [0.1, 0.15) is 5.56 Å². The molecule has 2 N–H and O–H groups in total. The Morgan fingerprint density at radius 2 is 2.11 bits per heavy atom. The number of nitrogen functional groups attached to an aromatic ring is 1. The molecular formula is C13H13N5O. The summed E-state index contributed by atoms with van der Waals surface area (Å²) in [5.74, 6) is 0.870. The predicted octanol–water partition coefficient (Wildman–Crippen LogP) is 2.03. The van der Waals surface area contributed by atoms with Crippen molar-refractivity contribution in [2.24, 2.45) is 7.05 Å². The third-order valence-electron chi connectivity index (χ3n) is 2.89. The topological polar surface area (TPSA) is 82.8 Å². The average molecular weight is 255 g/mol. The van der Waals surface area contributed by atoms with Crippen LogP contribution in [0.25, 0.3) is 23.0 Å². The second-order valence-electron chi connectivity index (χ2n) is 4.34. The van der Waals surface area contributed by atoms with E-state index in [1.54, 1.807) is 4.68 Å². The van der Waals surface area contributed by atoms with Crippen molar-refractivity contribution in [3.8, 4) is 23.0 Å². The van der Waals surface area contributed by atoms with Gasteiger partial charge in [-0.3, -0.25) is 4.68 Å². The van der Waals surface area contributed by atoms with E-state index in [1.165, 1.54) is 0 Å². The molecule has 0 atom stereocenters. The Morgan fingerprint density at radius 3 is 2.79 bits per heavy atom. The Kier molecular flexibility index (Phi) is 2.56. The summed E-state index contributed by atoms with van der Waals surface area (Å²) in [6.45, 7) is 1.95. The van der Waals surface area contributed by atoms with Gasteiger partial charge in [0, 0.05) is 18.9 Å². The first-order valence-electron chi connectivity index (χ1n) is 5.84. The lowest BCUT2D eigenvalue weighted by Gasteiger charge is -2.03. The molecule has 0 radical (unpaired) electrons. The SMILES string of the molecule is Cc1cccc(N)c1-c1nc(-c2ccn(C)n2)no1. The summed E-state index contributed by atoms with van der Waals surface area (Å²) in [5, 5.41) is 8.17.